The minimum Gasteiger partial charge on any atom is -0.224 e. The normalized spacial score (nSPS) is 11.7. The van der Waals surface area contributed by atoms with Crippen molar-refractivity contribution in [2.75, 3.05) is 0 Å². The summed E-state index contributed by atoms with van der Waals surface area (Å²) in [6.07, 6.45) is 1.84. The zero-order valence-corrected chi connectivity index (χ0v) is 10.6. The number of hydrogen-bond donors (Lipinski definition) is 0. The van der Waals surface area contributed by atoms with Crippen molar-refractivity contribution in [2.24, 2.45) is 0 Å². The Bertz CT molecular complexity index is 468. The van der Waals surface area contributed by atoms with E-state index in [-0.39, 0.29) is 5.54 Å². The number of aryl methyl sites for hydroxylation is 2. The van der Waals surface area contributed by atoms with Gasteiger partial charge in [0.05, 0.1) is 5.54 Å². The fourth-order valence-electron chi connectivity index (χ4n) is 1.78. The topological polar surface area (TPSA) is 43.6 Å². The van der Waals surface area contributed by atoms with Gasteiger partial charge in [-0.05, 0) is 43.2 Å². The van der Waals surface area contributed by atoms with E-state index in [2.05, 4.69) is 60.6 Å². The largest absolute Gasteiger partial charge is 0.224 e. The smallest absolute Gasteiger partial charge is 0.152 e. The first kappa shape index (κ1) is 11.8. The molecular weight excluding hydrogens is 212 g/mol. The molecule has 0 N–H and O–H groups in total. The highest BCUT2D eigenvalue weighted by molar-refractivity contribution is 5.15. The van der Waals surface area contributed by atoms with Crippen LogP contribution in [0.5, 0.6) is 0 Å². The van der Waals surface area contributed by atoms with Gasteiger partial charge in [-0.15, -0.1) is 5.10 Å². The third-order valence-corrected chi connectivity index (χ3v) is 2.65. The highest BCUT2D eigenvalue weighted by atomic mass is 15.6. The molecule has 0 spiro atoms. The van der Waals surface area contributed by atoms with Gasteiger partial charge in [0.2, 0.25) is 0 Å². The van der Waals surface area contributed by atoms with Gasteiger partial charge in [0, 0.05) is 6.42 Å². The molecule has 0 amide bonds. The summed E-state index contributed by atoms with van der Waals surface area (Å²) in [7, 11) is 0. The minimum atomic E-state index is -0.0600. The molecule has 0 atom stereocenters. The number of rotatable bonds is 3. The Labute approximate surface area is 102 Å². The van der Waals surface area contributed by atoms with Crippen molar-refractivity contribution in [2.45, 2.75) is 39.2 Å². The van der Waals surface area contributed by atoms with Crippen molar-refractivity contribution >= 4 is 0 Å². The van der Waals surface area contributed by atoms with E-state index < -0.39 is 0 Å². The predicted molar refractivity (Wildman–Crippen MR) is 66.7 cm³/mol. The Morgan fingerprint density at radius 1 is 1.06 bits per heavy atom. The molecule has 0 fully saturated rings. The van der Waals surface area contributed by atoms with Crippen LogP contribution in [-0.4, -0.2) is 20.2 Å². The van der Waals surface area contributed by atoms with Crippen molar-refractivity contribution < 1.29 is 0 Å². The third kappa shape index (κ3) is 2.90. The summed E-state index contributed by atoms with van der Waals surface area (Å²) in [5.74, 6) is 0.946. The van der Waals surface area contributed by atoms with Crippen LogP contribution in [0.1, 0.15) is 32.2 Å². The maximum atomic E-state index is 4.10. The summed E-state index contributed by atoms with van der Waals surface area (Å²) < 4.78 is 1.90. The molecule has 0 aliphatic rings. The number of nitrogens with zero attached hydrogens (tertiary/aromatic N) is 4. The van der Waals surface area contributed by atoms with E-state index in [1.165, 1.54) is 5.56 Å². The minimum absolute atomic E-state index is 0.0600. The van der Waals surface area contributed by atoms with E-state index in [0.29, 0.717) is 0 Å². The lowest BCUT2D eigenvalue weighted by Crippen LogP contribution is -2.25. The first-order valence-corrected chi connectivity index (χ1v) is 5.89. The van der Waals surface area contributed by atoms with Crippen LogP contribution in [0.3, 0.4) is 0 Å². The lowest BCUT2D eigenvalue weighted by molar-refractivity contribution is 0.335. The van der Waals surface area contributed by atoms with Crippen molar-refractivity contribution in [1.29, 1.82) is 0 Å². The molecule has 0 aliphatic heterocycles. The molecule has 1 aromatic carbocycles. The molecular formula is C13H18N4. The van der Waals surface area contributed by atoms with Gasteiger partial charge in [-0.3, -0.25) is 0 Å². The first-order chi connectivity index (χ1) is 8.07. The number of tetrazole rings is 1. The zero-order chi connectivity index (χ0) is 12.3. The van der Waals surface area contributed by atoms with Gasteiger partial charge in [0.1, 0.15) is 0 Å². The van der Waals surface area contributed by atoms with Crippen LogP contribution < -0.4 is 0 Å². The number of aromatic nitrogens is 4. The van der Waals surface area contributed by atoms with Crippen molar-refractivity contribution in [3.05, 3.63) is 41.7 Å². The molecule has 0 aliphatic carbocycles. The van der Waals surface area contributed by atoms with E-state index in [9.17, 15) is 0 Å². The van der Waals surface area contributed by atoms with E-state index in [0.717, 1.165) is 18.7 Å². The molecule has 0 saturated carbocycles. The lowest BCUT2D eigenvalue weighted by atomic mass is 10.1. The summed E-state index contributed by atoms with van der Waals surface area (Å²) in [5, 5.41) is 11.9. The monoisotopic (exact) mass is 230 g/mol. The van der Waals surface area contributed by atoms with Crippen LogP contribution in [-0.2, 0) is 18.4 Å². The second-order valence-electron chi connectivity index (χ2n) is 5.16. The Kier molecular flexibility index (Phi) is 3.22. The molecule has 4 nitrogen and oxygen atoms in total. The lowest BCUT2D eigenvalue weighted by Gasteiger charge is -2.19. The molecule has 0 bridgehead atoms. The average molecular weight is 230 g/mol. The summed E-state index contributed by atoms with van der Waals surface area (Å²) in [4.78, 5) is 0. The first-order valence-electron chi connectivity index (χ1n) is 5.89. The summed E-state index contributed by atoms with van der Waals surface area (Å²) in [6, 6.07) is 10.4. The predicted octanol–water partition coefficient (Wildman–Crippen LogP) is 2.21. The van der Waals surface area contributed by atoms with Crippen molar-refractivity contribution in [3.63, 3.8) is 0 Å². The number of hydrogen-bond acceptors (Lipinski definition) is 3. The Hall–Kier alpha value is -1.71. The maximum Gasteiger partial charge on any atom is 0.152 e. The van der Waals surface area contributed by atoms with E-state index in [1.54, 1.807) is 0 Å². The van der Waals surface area contributed by atoms with E-state index in [4.69, 9.17) is 0 Å². The second-order valence-corrected chi connectivity index (χ2v) is 5.16. The SMILES string of the molecule is CC(C)(C)n1nnnc1CCc1ccccc1. The van der Waals surface area contributed by atoms with Crippen molar-refractivity contribution in [1.82, 2.24) is 20.2 Å². The highest BCUT2D eigenvalue weighted by Crippen LogP contribution is 2.14. The van der Waals surface area contributed by atoms with E-state index >= 15 is 0 Å². The Morgan fingerprint density at radius 3 is 2.41 bits per heavy atom. The van der Waals surface area contributed by atoms with Gasteiger partial charge in [-0.1, -0.05) is 30.3 Å². The number of benzene rings is 1. The van der Waals surface area contributed by atoms with Crippen molar-refractivity contribution in [3.8, 4) is 0 Å². The fraction of sp³-hybridized carbons (Fsp3) is 0.462. The van der Waals surface area contributed by atoms with Crippen LogP contribution in [0, 0.1) is 0 Å². The van der Waals surface area contributed by atoms with Crippen LogP contribution >= 0.6 is 0 Å². The van der Waals surface area contributed by atoms with E-state index in [1.807, 2.05) is 10.7 Å². The average Bonchev–Trinajstić information content (AvgIpc) is 2.75. The van der Waals surface area contributed by atoms with Gasteiger partial charge in [-0.2, -0.15) is 0 Å². The zero-order valence-electron chi connectivity index (χ0n) is 10.6. The molecule has 2 rings (SSSR count). The molecule has 0 unspecified atom stereocenters. The van der Waals surface area contributed by atoms with Crippen LogP contribution in [0.25, 0.3) is 0 Å². The maximum absolute atomic E-state index is 4.10. The fourth-order valence-corrected chi connectivity index (χ4v) is 1.78. The van der Waals surface area contributed by atoms with Gasteiger partial charge >= 0.3 is 0 Å². The Balaban J connectivity index is 2.08. The Morgan fingerprint density at radius 2 is 1.76 bits per heavy atom. The third-order valence-electron chi connectivity index (χ3n) is 2.65. The molecule has 90 valence electrons. The molecule has 0 radical (unpaired) electrons. The van der Waals surface area contributed by atoms with Crippen LogP contribution in [0.2, 0.25) is 0 Å². The van der Waals surface area contributed by atoms with Crippen LogP contribution in [0.4, 0.5) is 0 Å². The molecule has 1 aromatic heterocycles. The molecule has 1 heterocycles. The van der Waals surface area contributed by atoms with Gasteiger partial charge in [-0.25, -0.2) is 4.68 Å². The quantitative estimate of drug-likeness (QED) is 0.812. The summed E-state index contributed by atoms with van der Waals surface area (Å²) in [5.41, 5.74) is 1.26. The van der Waals surface area contributed by atoms with Gasteiger partial charge < -0.3 is 0 Å². The molecule has 2 aromatic rings. The molecule has 4 heteroatoms. The van der Waals surface area contributed by atoms with Gasteiger partial charge in [0.25, 0.3) is 0 Å². The van der Waals surface area contributed by atoms with Gasteiger partial charge in [0.15, 0.2) is 5.82 Å². The summed E-state index contributed by atoms with van der Waals surface area (Å²) >= 11 is 0. The highest BCUT2D eigenvalue weighted by Gasteiger charge is 2.19. The standard InChI is InChI=1S/C13H18N4/c1-13(2,3)17-12(14-15-16-17)10-9-11-7-5-4-6-8-11/h4-8H,9-10H2,1-3H3. The second kappa shape index (κ2) is 4.65. The van der Waals surface area contributed by atoms with Crippen LogP contribution in [0.15, 0.2) is 30.3 Å². The molecule has 0 saturated heterocycles. The summed E-state index contributed by atoms with van der Waals surface area (Å²) in [6.45, 7) is 6.32. The molecule has 17 heavy (non-hydrogen) atoms.